The van der Waals surface area contributed by atoms with Crippen molar-refractivity contribution in [3.8, 4) is 0 Å². The van der Waals surface area contributed by atoms with Crippen molar-refractivity contribution in [1.29, 1.82) is 0 Å². The molecule has 6 nitrogen and oxygen atoms in total. The van der Waals surface area contributed by atoms with Crippen molar-refractivity contribution in [1.82, 2.24) is 9.80 Å². The quantitative estimate of drug-likeness (QED) is 0.388. The second kappa shape index (κ2) is 16.8. The van der Waals surface area contributed by atoms with Gasteiger partial charge in [0.25, 0.3) is 0 Å². The highest BCUT2D eigenvalue weighted by Gasteiger charge is 1.97. The molecule has 0 rings (SSSR count). The van der Waals surface area contributed by atoms with Crippen LogP contribution in [0.4, 0.5) is 0 Å². The molecule has 0 radical (unpaired) electrons. The van der Waals surface area contributed by atoms with Crippen molar-refractivity contribution in [3.05, 3.63) is 0 Å². The maximum Gasteiger partial charge on any atom is 0.0558 e. The highest BCUT2D eigenvalue weighted by molar-refractivity contribution is 4.51. The minimum Gasteiger partial charge on any atom is -0.395 e. The first-order chi connectivity index (χ1) is 8.69. The van der Waals surface area contributed by atoms with Gasteiger partial charge in [0.1, 0.15) is 0 Å². The molecule has 0 bridgehead atoms. The van der Waals surface area contributed by atoms with E-state index in [4.69, 9.17) is 20.4 Å². The molecule has 0 aliphatic heterocycles. The van der Waals surface area contributed by atoms with E-state index >= 15 is 0 Å². The molecule has 0 aliphatic rings. The number of likely N-dealkylation sites (N-methyl/N-ethyl adjacent to an activating group) is 2. The van der Waals surface area contributed by atoms with E-state index < -0.39 is 0 Å². The average Bonchev–Trinajstić information content (AvgIpc) is 2.39. The normalized spacial score (nSPS) is 10.7. The third-order valence-electron chi connectivity index (χ3n) is 2.56. The summed E-state index contributed by atoms with van der Waals surface area (Å²) < 4.78 is 0. The molecule has 0 aromatic heterocycles. The lowest BCUT2D eigenvalue weighted by Crippen LogP contribution is -2.29. The number of hydrogen-bond donors (Lipinski definition) is 4. The van der Waals surface area contributed by atoms with Crippen LogP contribution in [0.5, 0.6) is 0 Å². The summed E-state index contributed by atoms with van der Waals surface area (Å²) in [5, 5.41) is 33.9. The van der Waals surface area contributed by atoms with Crippen molar-refractivity contribution >= 4 is 0 Å². The Labute approximate surface area is 110 Å². The lowest BCUT2D eigenvalue weighted by atomic mass is 10.5. The Hall–Kier alpha value is -0.240. The highest BCUT2D eigenvalue weighted by Crippen LogP contribution is 1.84. The molecule has 0 saturated carbocycles. The second-order valence-electron chi connectivity index (χ2n) is 3.76. The van der Waals surface area contributed by atoms with Gasteiger partial charge in [-0.25, -0.2) is 0 Å². The molecule has 0 saturated heterocycles. The zero-order chi connectivity index (χ0) is 14.2. The fourth-order valence-corrected chi connectivity index (χ4v) is 1.42. The monoisotopic (exact) mass is 266 g/mol. The summed E-state index contributed by atoms with van der Waals surface area (Å²) in [6.07, 6.45) is 0. The summed E-state index contributed by atoms with van der Waals surface area (Å²) in [4.78, 5) is 3.97. The SMILES string of the molecule is CCN(CCO)CCO.CCN(CCO)CCO. The molecule has 112 valence electrons. The van der Waals surface area contributed by atoms with Crippen LogP contribution < -0.4 is 0 Å². The summed E-state index contributed by atoms with van der Waals surface area (Å²) in [6.45, 7) is 9.14. The van der Waals surface area contributed by atoms with E-state index in [1.165, 1.54) is 0 Å². The molecule has 18 heavy (non-hydrogen) atoms. The van der Waals surface area contributed by atoms with Gasteiger partial charge in [0.05, 0.1) is 26.4 Å². The highest BCUT2D eigenvalue weighted by atomic mass is 16.3. The van der Waals surface area contributed by atoms with Crippen molar-refractivity contribution in [2.45, 2.75) is 13.8 Å². The molecule has 0 heterocycles. The predicted octanol–water partition coefficient (Wildman–Crippen LogP) is -1.41. The summed E-state index contributed by atoms with van der Waals surface area (Å²) >= 11 is 0. The van der Waals surface area contributed by atoms with Crippen molar-refractivity contribution in [3.63, 3.8) is 0 Å². The van der Waals surface area contributed by atoms with Gasteiger partial charge >= 0.3 is 0 Å². The van der Waals surface area contributed by atoms with E-state index in [9.17, 15) is 0 Å². The number of hydrogen-bond acceptors (Lipinski definition) is 6. The summed E-state index contributed by atoms with van der Waals surface area (Å²) in [5.74, 6) is 0. The molecule has 0 aromatic rings. The van der Waals surface area contributed by atoms with Crippen LogP contribution in [0.2, 0.25) is 0 Å². The Balaban J connectivity index is 0. The molecular weight excluding hydrogens is 236 g/mol. The van der Waals surface area contributed by atoms with Crippen molar-refractivity contribution in [2.75, 3.05) is 65.7 Å². The van der Waals surface area contributed by atoms with Crippen LogP contribution in [0.1, 0.15) is 13.8 Å². The van der Waals surface area contributed by atoms with Gasteiger partial charge in [-0.1, -0.05) is 13.8 Å². The molecule has 0 spiro atoms. The van der Waals surface area contributed by atoms with Gasteiger partial charge in [0, 0.05) is 26.2 Å². The zero-order valence-electron chi connectivity index (χ0n) is 11.8. The maximum absolute atomic E-state index is 8.47. The van der Waals surface area contributed by atoms with Crippen LogP contribution in [0.3, 0.4) is 0 Å². The first-order valence-electron chi connectivity index (χ1n) is 6.58. The van der Waals surface area contributed by atoms with E-state index in [0.29, 0.717) is 26.2 Å². The van der Waals surface area contributed by atoms with Crippen LogP contribution in [0.15, 0.2) is 0 Å². The summed E-state index contributed by atoms with van der Waals surface area (Å²) in [6, 6.07) is 0. The zero-order valence-corrected chi connectivity index (χ0v) is 11.8. The van der Waals surface area contributed by atoms with Crippen molar-refractivity contribution in [2.24, 2.45) is 0 Å². The first kappa shape index (κ1) is 20.1. The fourth-order valence-electron chi connectivity index (χ4n) is 1.42. The van der Waals surface area contributed by atoms with Crippen LogP contribution in [0, 0.1) is 0 Å². The van der Waals surface area contributed by atoms with Crippen LogP contribution >= 0.6 is 0 Å². The lowest BCUT2D eigenvalue weighted by Gasteiger charge is -2.16. The van der Waals surface area contributed by atoms with E-state index in [-0.39, 0.29) is 26.4 Å². The molecule has 0 atom stereocenters. The third kappa shape index (κ3) is 13.8. The Morgan fingerprint density at radius 3 is 0.889 bits per heavy atom. The van der Waals surface area contributed by atoms with E-state index in [0.717, 1.165) is 13.1 Å². The van der Waals surface area contributed by atoms with Crippen LogP contribution in [0.25, 0.3) is 0 Å². The minimum absolute atomic E-state index is 0.174. The Morgan fingerprint density at radius 1 is 0.556 bits per heavy atom. The van der Waals surface area contributed by atoms with Gasteiger partial charge < -0.3 is 20.4 Å². The fraction of sp³-hybridized carbons (Fsp3) is 1.00. The first-order valence-corrected chi connectivity index (χ1v) is 6.58. The summed E-state index contributed by atoms with van der Waals surface area (Å²) in [7, 11) is 0. The van der Waals surface area contributed by atoms with Gasteiger partial charge in [-0.2, -0.15) is 0 Å². The topological polar surface area (TPSA) is 87.4 Å². The third-order valence-corrected chi connectivity index (χ3v) is 2.56. The number of aliphatic hydroxyl groups is 4. The van der Waals surface area contributed by atoms with Crippen LogP contribution in [-0.4, -0.2) is 95.9 Å². The maximum atomic E-state index is 8.47. The Kier molecular flexibility index (Phi) is 18.7. The van der Waals surface area contributed by atoms with E-state index in [2.05, 4.69) is 0 Å². The van der Waals surface area contributed by atoms with E-state index in [1.54, 1.807) is 0 Å². The Morgan fingerprint density at radius 2 is 0.778 bits per heavy atom. The van der Waals surface area contributed by atoms with Gasteiger partial charge in [0.2, 0.25) is 0 Å². The molecule has 0 unspecified atom stereocenters. The van der Waals surface area contributed by atoms with Gasteiger partial charge in [-0.3, -0.25) is 9.80 Å². The largest absolute Gasteiger partial charge is 0.395 e. The van der Waals surface area contributed by atoms with Crippen LogP contribution in [-0.2, 0) is 0 Å². The molecule has 0 fully saturated rings. The predicted molar refractivity (Wildman–Crippen MR) is 72.6 cm³/mol. The molecule has 0 amide bonds. The van der Waals surface area contributed by atoms with Crippen molar-refractivity contribution < 1.29 is 20.4 Å². The van der Waals surface area contributed by atoms with Gasteiger partial charge in [0.15, 0.2) is 0 Å². The molecule has 4 N–H and O–H groups in total. The molecular formula is C12H30N2O4. The molecule has 0 aromatic carbocycles. The number of rotatable bonds is 10. The van der Waals surface area contributed by atoms with Gasteiger partial charge in [-0.05, 0) is 13.1 Å². The molecule has 6 heteroatoms. The average molecular weight is 266 g/mol. The van der Waals surface area contributed by atoms with Gasteiger partial charge in [-0.15, -0.1) is 0 Å². The lowest BCUT2D eigenvalue weighted by molar-refractivity contribution is 0.166. The smallest absolute Gasteiger partial charge is 0.0558 e. The summed E-state index contributed by atoms with van der Waals surface area (Å²) in [5.41, 5.74) is 0. The Bertz CT molecular complexity index is 122. The number of aliphatic hydroxyl groups excluding tert-OH is 4. The molecule has 0 aliphatic carbocycles. The number of nitrogens with zero attached hydrogens (tertiary/aromatic N) is 2. The van der Waals surface area contributed by atoms with E-state index in [1.807, 2.05) is 23.6 Å². The second-order valence-corrected chi connectivity index (χ2v) is 3.76. The minimum atomic E-state index is 0.174. The standard InChI is InChI=1S/2C6H15NO2/c2*1-2-7(3-5-8)4-6-9/h2*8-9H,2-6H2,1H3.